The number of unbranched alkanes of at least 4 members (excludes halogenated alkanes) is 1. The molecule has 0 aliphatic carbocycles. The maximum atomic E-state index is 13.9. The maximum Gasteiger partial charge on any atom is 0.211 e. The second-order valence-electron chi connectivity index (χ2n) is 10.2. The molecule has 0 spiro atoms. The van der Waals surface area contributed by atoms with Gasteiger partial charge in [-0.1, -0.05) is 83.5 Å². The van der Waals surface area contributed by atoms with Gasteiger partial charge in [-0.05, 0) is 60.9 Å². The van der Waals surface area contributed by atoms with E-state index in [1.54, 1.807) is 6.08 Å². The third kappa shape index (κ3) is 23.3. The molecular weight excluding hydrogens is 587 g/mol. The molecule has 7 nitrogen and oxygen atoms in total. The summed E-state index contributed by atoms with van der Waals surface area (Å²) in [6.45, 7) is 18.1. The van der Waals surface area contributed by atoms with Crippen LogP contribution in [0.5, 0.6) is 0 Å². The topological polar surface area (TPSA) is 111 Å². The Kier molecular flexibility index (Phi) is 28.9. The summed E-state index contributed by atoms with van der Waals surface area (Å²) in [6, 6.07) is 2.79. The summed E-state index contributed by atoms with van der Waals surface area (Å²) in [6.07, 6.45) is 8.48. The van der Waals surface area contributed by atoms with Crippen molar-refractivity contribution in [2.75, 3.05) is 38.7 Å². The fourth-order valence-corrected chi connectivity index (χ4v) is 3.53. The summed E-state index contributed by atoms with van der Waals surface area (Å²) in [5.74, 6) is -1.02. The molecule has 0 aromatic heterocycles. The van der Waals surface area contributed by atoms with Gasteiger partial charge in [0, 0.05) is 38.4 Å². The van der Waals surface area contributed by atoms with Crippen molar-refractivity contribution in [2.45, 2.75) is 66.7 Å². The fourth-order valence-electron chi connectivity index (χ4n) is 3.30. The molecule has 1 aliphatic heterocycles. The second kappa shape index (κ2) is 27.5. The third-order valence-corrected chi connectivity index (χ3v) is 5.56. The number of aliphatic hydroxyl groups is 2. The molecule has 2 rings (SSSR count). The predicted molar refractivity (Wildman–Crippen MR) is 173 cm³/mol. The van der Waals surface area contributed by atoms with Crippen molar-refractivity contribution >= 4 is 41.7 Å². The number of hydrogen-bond donors (Lipinski definition) is 5. The first-order valence-electron chi connectivity index (χ1n) is 13.8. The largest absolute Gasteiger partial charge is 0.400 e. The van der Waals surface area contributed by atoms with Crippen molar-refractivity contribution in [3.8, 4) is 0 Å². The number of amides is 2. The Morgan fingerprint density at radius 2 is 1.74 bits per heavy atom. The molecule has 0 saturated carbocycles. The van der Waals surface area contributed by atoms with E-state index in [1.165, 1.54) is 18.2 Å². The van der Waals surface area contributed by atoms with Crippen LogP contribution >= 0.6 is 23.2 Å². The number of hydrogen-bond acceptors (Lipinski definition) is 5. The van der Waals surface area contributed by atoms with E-state index in [0.717, 1.165) is 26.5 Å². The van der Waals surface area contributed by atoms with Gasteiger partial charge in [0.05, 0.1) is 10.1 Å². The minimum Gasteiger partial charge on any atom is -0.400 e. The highest BCUT2D eigenvalue weighted by Crippen LogP contribution is 2.37. The fraction of sp³-hybridized carbons (Fsp3) is 0.548. The summed E-state index contributed by atoms with van der Waals surface area (Å²) in [7, 11) is 1.00. The van der Waals surface area contributed by atoms with Crippen molar-refractivity contribution < 1.29 is 28.6 Å². The molecule has 2 amide bonds. The zero-order valence-corrected chi connectivity index (χ0v) is 27.6. The lowest BCUT2D eigenvalue weighted by Crippen LogP contribution is -2.13. The number of allylic oxidation sites excluding steroid dienone is 5. The SMILES string of the molecule is C=C(F)/C(Cl)=C\C=C/C[C@H]1CNC[C@H]1c1cc(F)c(Cl)cc1NC=O.CC.CC(C)(C)C.CO.O=CNCCCCO. The third-order valence-electron chi connectivity index (χ3n) is 4.94. The van der Waals surface area contributed by atoms with Crippen molar-refractivity contribution in [3.05, 3.63) is 64.2 Å². The van der Waals surface area contributed by atoms with Crippen LogP contribution in [0.2, 0.25) is 5.02 Å². The van der Waals surface area contributed by atoms with Crippen LogP contribution in [0, 0.1) is 17.2 Å². The number of nitrogens with one attached hydrogen (secondary N) is 3. The van der Waals surface area contributed by atoms with Crippen LogP contribution in [0.15, 0.2) is 47.8 Å². The van der Waals surface area contributed by atoms with Gasteiger partial charge in [-0.2, -0.15) is 0 Å². The summed E-state index contributed by atoms with van der Waals surface area (Å²) in [5, 5.41) is 23.5. The Morgan fingerprint density at radius 1 is 1.14 bits per heavy atom. The van der Waals surface area contributed by atoms with Gasteiger partial charge in [0.15, 0.2) is 0 Å². The molecule has 1 aliphatic rings. The molecule has 1 saturated heterocycles. The Hall–Kier alpha value is -2.30. The first-order valence-corrected chi connectivity index (χ1v) is 14.6. The van der Waals surface area contributed by atoms with E-state index in [0.29, 0.717) is 49.0 Å². The standard InChI is InChI=1S/C18H18Cl2F2N2O.C5H11NO2.C5H12.C2H6.CH4O/c1-11(21)15(19)5-3-2-4-12-8-23-9-14(12)13-6-17(22)16(20)7-18(13)24-10-25;7-4-2-1-3-6-5-8;1-5(2,3)4;2*1-2/h2-3,5-7,10,12,14,23H,1,4,8-9H2,(H,24,25);5,7H,1-4H2,(H,6,8);1-4H3;1-2H3;2H,1H3/b3-2-,15-5+;;;;/t12-,14+;;;;/m0..../s1. The molecule has 11 heteroatoms. The molecule has 0 radical (unpaired) electrons. The molecule has 1 aromatic rings. The Morgan fingerprint density at radius 3 is 2.24 bits per heavy atom. The Bertz CT molecular complexity index is 933. The molecular formula is C31H51Cl2F2N3O4. The van der Waals surface area contributed by atoms with Gasteiger partial charge in [0.1, 0.15) is 11.6 Å². The summed E-state index contributed by atoms with van der Waals surface area (Å²) < 4.78 is 26.7. The van der Waals surface area contributed by atoms with E-state index in [-0.39, 0.29) is 28.5 Å². The summed E-state index contributed by atoms with van der Waals surface area (Å²) in [4.78, 5) is 20.4. The number of anilines is 1. The van der Waals surface area contributed by atoms with Crippen LogP contribution in [0.25, 0.3) is 0 Å². The van der Waals surface area contributed by atoms with Gasteiger partial charge in [0.25, 0.3) is 0 Å². The summed E-state index contributed by atoms with van der Waals surface area (Å²) in [5.41, 5.74) is 1.70. The van der Waals surface area contributed by atoms with Crippen LogP contribution in [0.1, 0.15) is 72.3 Å². The van der Waals surface area contributed by atoms with Gasteiger partial charge in [-0.15, -0.1) is 0 Å². The first-order chi connectivity index (χ1) is 19.8. The molecule has 0 bridgehead atoms. The highest BCUT2D eigenvalue weighted by Gasteiger charge is 2.30. The van der Waals surface area contributed by atoms with Crippen LogP contribution in [0.3, 0.4) is 0 Å². The van der Waals surface area contributed by atoms with Crippen molar-refractivity contribution in [3.63, 3.8) is 0 Å². The number of benzene rings is 1. The monoisotopic (exact) mass is 637 g/mol. The number of aliphatic hydroxyl groups excluding tert-OH is 2. The molecule has 2 atom stereocenters. The van der Waals surface area contributed by atoms with E-state index < -0.39 is 11.6 Å². The van der Waals surface area contributed by atoms with E-state index >= 15 is 0 Å². The molecule has 0 unspecified atom stereocenters. The molecule has 1 heterocycles. The van der Waals surface area contributed by atoms with Crippen LogP contribution < -0.4 is 16.0 Å². The van der Waals surface area contributed by atoms with Gasteiger partial charge in [-0.3, -0.25) is 9.59 Å². The maximum absolute atomic E-state index is 13.9. The molecule has 42 heavy (non-hydrogen) atoms. The zero-order chi connectivity index (χ0) is 33.1. The van der Waals surface area contributed by atoms with Gasteiger partial charge in [-0.25, -0.2) is 8.78 Å². The van der Waals surface area contributed by atoms with Crippen molar-refractivity contribution in [1.82, 2.24) is 10.6 Å². The van der Waals surface area contributed by atoms with Gasteiger partial charge >= 0.3 is 0 Å². The van der Waals surface area contributed by atoms with E-state index in [4.69, 9.17) is 33.4 Å². The van der Waals surface area contributed by atoms with E-state index in [9.17, 15) is 18.4 Å². The average molecular weight is 639 g/mol. The molecule has 242 valence electrons. The van der Waals surface area contributed by atoms with Crippen LogP contribution in [-0.4, -0.2) is 56.4 Å². The Balaban J connectivity index is -0.000000738. The van der Waals surface area contributed by atoms with Gasteiger partial charge < -0.3 is 26.2 Å². The van der Waals surface area contributed by atoms with Crippen molar-refractivity contribution in [1.29, 1.82) is 0 Å². The minimum absolute atomic E-state index is 0.00876. The lowest BCUT2D eigenvalue weighted by Gasteiger charge is -2.21. The number of carbonyl (C=O) groups excluding carboxylic acids is 2. The molecule has 1 fully saturated rings. The number of halogens is 4. The predicted octanol–water partition coefficient (Wildman–Crippen LogP) is 7.09. The van der Waals surface area contributed by atoms with E-state index in [1.807, 2.05) is 19.9 Å². The highest BCUT2D eigenvalue weighted by atomic mass is 35.5. The average Bonchev–Trinajstić information content (AvgIpc) is 3.41. The Labute approximate surface area is 261 Å². The van der Waals surface area contributed by atoms with Gasteiger partial charge in [0.2, 0.25) is 12.8 Å². The van der Waals surface area contributed by atoms with E-state index in [2.05, 4.69) is 50.2 Å². The minimum atomic E-state index is -0.687. The second-order valence-corrected chi connectivity index (χ2v) is 11.0. The smallest absolute Gasteiger partial charge is 0.211 e. The quantitative estimate of drug-likeness (QED) is 0.0954. The van der Waals surface area contributed by atoms with Crippen LogP contribution in [0.4, 0.5) is 14.5 Å². The number of carbonyl (C=O) groups is 2. The summed E-state index contributed by atoms with van der Waals surface area (Å²) >= 11 is 11.5. The molecule has 1 aromatic carbocycles. The molecule has 5 N–H and O–H groups in total. The lowest BCUT2D eigenvalue weighted by molar-refractivity contribution is -0.109. The zero-order valence-electron chi connectivity index (χ0n) is 26.1. The highest BCUT2D eigenvalue weighted by molar-refractivity contribution is 6.31. The number of rotatable bonds is 12. The van der Waals surface area contributed by atoms with Crippen molar-refractivity contribution in [2.24, 2.45) is 11.3 Å². The normalized spacial score (nSPS) is 15.8. The van der Waals surface area contributed by atoms with Crippen LogP contribution in [-0.2, 0) is 9.59 Å². The first kappa shape index (κ1) is 44.1. The lowest BCUT2D eigenvalue weighted by atomic mass is 9.85.